The first-order chi connectivity index (χ1) is 13.7. The molecular weight excluding hydrogens is 348 g/mol. The molecule has 0 spiro atoms. The van der Waals surface area contributed by atoms with Gasteiger partial charge in [-0.1, -0.05) is 72.3 Å². The van der Waals surface area contributed by atoms with Crippen LogP contribution >= 0.6 is 0 Å². The Balaban J connectivity index is 1.61. The molecule has 0 saturated heterocycles. The Morgan fingerprint density at radius 2 is 1.54 bits per heavy atom. The van der Waals surface area contributed by atoms with Crippen molar-refractivity contribution in [3.8, 4) is 5.75 Å². The molecule has 0 aromatic heterocycles. The number of ether oxygens (including phenoxy) is 1. The van der Waals surface area contributed by atoms with Crippen molar-refractivity contribution in [2.24, 2.45) is 0 Å². The van der Waals surface area contributed by atoms with Crippen LogP contribution in [0.3, 0.4) is 0 Å². The van der Waals surface area contributed by atoms with E-state index in [1.165, 1.54) is 5.56 Å². The summed E-state index contributed by atoms with van der Waals surface area (Å²) in [6.07, 6.45) is 0. The number of hydrogen-bond donors (Lipinski definition) is 2. The number of benzene rings is 3. The van der Waals surface area contributed by atoms with Crippen LogP contribution in [0.4, 0.5) is 0 Å². The van der Waals surface area contributed by atoms with E-state index in [-0.39, 0.29) is 18.5 Å². The Bertz CT molecular complexity index is 875. The maximum atomic E-state index is 12.4. The van der Waals surface area contributed by atoms with Gasteiger partial charge in [0.2, 0.25) is 5.91 Å². The number of amides is 1. The predicted octanol–water partition coefficient (Wildman–Crippen LogP) is 4.00. The first-order valence-electron chi connectivity index (χ1n) is 9.40. The molecule has 0 saturated carbocycles. The molecule has 0 fully saturated rings. The van der Waals surface area contributed by atoms with Crippen LogP contribution in [-0.4, -0.2) is 19.6 Å². The fourth-order valence-corrected chi connectivity index (χ4v) is 3.03. The number of aryl methyl sites for hydroxylation is 1. The Morgan fingerprint density at radius 3 is 2.18 bits per heavy atom. The van der Waals surface area contributed by atoms with E-state index >= 15 is 0 Å². The highest BCUT2D eigenvalue weighted by Crippen LogP contribution is 2.22. The van der Waals surface area contributed by atoms with Crippen molar-refractivity contribution in [2.75, 3.05) is 13.7 Å². The maximum absolute atomic E-state index is 12.4. The lowest BCUT2D eigenvalue weighted by atomic mass is 9.98. The van der Waals surface area contributed by atoms with Crippen LogP contribution in [0, 0.1) is 6.92 Å². The van der Waals surface area contributed by atoms with Crippen molar-refractivity contribution in [3.63, 3.8) is 0 Å². The summed E-state index contributed by atoms with van der Waals surface area (Å²) in [5.41, 5.74) is 4.52. The Morgan fingerprint density at radius 1 is 0.893 bits per heavy atom. The van der Waals surface area contributed by atoms with Crippen LogP contribution in [0.15, 0.2) is 78.9 Å². The largest absolute Gasteiger partial charge is 0.497 e. The topological polar surface area (TPSA) is 50.4 Å². The average Bonchev–Trinajstić information content (AvgIpc) is 2.75. The minimum absolute atomic E-state index is 0.0338. The van der Waals surface area contributed by atoms with Crippen molar-refractivity contribution in [1.29, 1.82) is 0 Å². The molecule has 144 valence electrons. The van der Waals surface area contributed by atoms with E-state index in [2.05, 4.69) is 54.0 Å². The van der Waals surface area contributed by atoms with Gasteiger partial charge in [0, 0.05) is 6.54 Å². The van der Waals surface area contributed by atoms with Crippen molar-refractivity contribution in [1.82, 2.24) is 10.6 Å². The van der Waals surface area contributed by atoms with Crippen LogP contribution in [0.5, 0.6) is 5.75 Å². The average molecular weight is 374 g/mol. The molecule has 3 aromatic carbocycles. The van der Waals surface area contributed by atoms with Gasteiger partial charge in [-0.15, -0.1) is 0 Å². The fraction of sp³-hybridized carbons (Fsp3) is 0.208. The van der Waals surface area contributed by atoms with E-state index in [4.69, 9.17) is 4.74 Å². The lowest BCUT2D eigenvalue weighted by Gasteiger charge is -2.20. The standard InChI is InChI=1S/C24H26N2O2/c1-18-8-12-21(13-9-18)24(20-6-4-3-5-7-20)26-17-23(27)25-16-19-10-14-22(28-2)15-11-19/h3-15,24,26H,16-17H2,1-2H3,(H,25,27)/t24-/m1/s1. The molecule has 0 radical (unpaired) electrons. The van der Waals surface area contributed by atoms with Crippen molar-refractivity contribution < 1.29 is 9.53 Å². The van der Waals surface area contributed by atoms with Gasteiger partial charge in [0.1, 0.15) is 5.75 Å². The van der Waals surface area contributed by atoms with Crippen molar-refractivity contribution in [2.45, 2.75) is 19.5 Å². The summed E-state index contributed by atoms with van der Waals surface area (Å²) in [6.45, 7) is 2.80. The molecule has 0 unspecified atom stereocenters. The fourth-order valence-electron chi connectivity index (χ4n) is 3.03. The number of carbonyl (C=O) groups excluding carboxylic acids is 1. The van der Waals surface area contributed by atoms with E-state index in [0.29, 0.717) is 6.54 Å². The summed E-state index contributed by atoms with van der Waals surface area (Å²) in [4.78, 5) is 12.4. The first kappa shape index (κ1) is 19.6. The number of nitrogens with one attached hydrogen (secondary N) is 2. The zero-order valence-electron chi connectivity index (χ0n) is 16.3. The molecule has 0 aliphatic heterocycles. The molecular formula is C24H26N2O2. The summed E-state index contributed by atoms with van der Waals surface area (Å²) < 4.78 is 5.15. The normalized spacial score (nSPS) is 11.6. The molecule has 0 aliphatic carbocycles. The molecule has 28 heavy (non-hydrogen) atoms. The molecule has 3 aromatic rings. The van der Waals surface area contributed by atoms with Gasteiger partial charge in [-0.2, -0.15) is 0 Å². The van der Waals surface area contributed by atoms with Crippen LogP contribution < -0.4 is 15.4 Å². The summed E-state index contributed by atoms with van der Waals surface area (Å²) in [5, 5.41) is 6.36. The number of rotatable bonds is 8. The number of carbonyl (C=O) groups is 1. The third kappa shape index (κ3) is 5.44. The second-order valence-electron chi connectivity index (χ2n) is 6.76. The SMILES string of the molecule is COc1ccc(CNC(=O)CN[C@H](c2ccccc2)c2ccc(C)cc2)cc1. The highest BCUT2D eigenvalue weighted by atomic mass is 16.5. The third-order valence-corrected chi connectivity index (χ3v) is 4.66. The predicted molar refractivity (Wildman–Crippen MR) is 112 cm³/mol. The van der Waals surface area contributed by atoms with E-state index in [1.54, 1.807) is 7.11 Å². The molecule has 4 heteroatoms. The molecule has 1 atom stereocenters. The highest BCUT2D eigenvalue weighted by molar-refractivity contribution is 5.78. The lowest BCUT2D eigenvalue weighted by molar-refractivity contribution is -0.120. The first-order valence-corrected chi connectivity index (χ1v) is 9.40. The van der Waals surface area contributed by atoms with Crippen LogP contribution in [0.2, 0.25) is 0 Å². The van der Waals surface area contributed by atoms with E-state index in [1.807, 2.05) is 42.5 Å². The Labute approximate surface area is 166 Å². The number of hydrogen-bond acceptors (Lipinski definition) is 3. The van der Waals surface area contributed by atoms with Gasteiger partial charge in [-0.25, -0.2) is 0 Å². The summed E-state index contributed by atoms with van der Waals surface area (Å²) in [7, 11) is 1.64. The van der Waals surface area contributed by atoms with Gasteiger partial charge in [-0.05, 0) is 35.7 Å². The zero-order chi connectivity index (χ0) is 19.8. The molecule has 0 heterocycles. The smallest absolute Gasteiger partial charge is 0.234 e. The minimum Gasteiger partial charge on any atom is -0.497 e. The summed E-state index contributed by atoms with van der Waals surface area (Å²) in [5.74, 6) is 0.768. The van der Waals surface area contributed by atoms with Gasteiger partial charge < -0.3 is 10.1 Å². The monoisotopic (exact) mass is 374 g/mol. The Hall–Kier alpha value is -3.11. The van der Waals surface area contributed by atoms with Gasteiger partial charge in [0.15, 0.2) is 0 Å². The second-order valence-corrected chi connectivity index (χ2v) is 6.76. The highest BCUT2D eigenvalue weighted by Gasteiger charge is 2.14. The van der Waals surface area contributed by atoms with Crippen LogP contribution in [-0.2, 0) is 11.3 Å². The third-order valence-electron chi connectivity index (χ3n) is 4.66. The van der Waals surface area contributed by atoms with E-state index < -0.39 is 0 Å². The summed E-state index contributed by atoms with van der Waals surface area (Å²) in [6, 6.07) is 26.2. The van der Waals surface area contributed by atoms with Gasteiger partial charge >= 0.3 is 0 Å². The molecule has 3 rings (SSSR count). The quantitative estimate of drug-likeness (QED) is 0.627. The van der Waals surface area contributed by atoms with Crippen LogP contribution in [0.1, 0.15) is 28.3 Å². The molecule has 1 amide bonds. The molecule has 0 bridgehead atoms. The van der Waals surface area contributed by atoms with E-state index in [0.717, 1.165) is 22.4 Å². The maximum Gasteiger partial charge on any atom is 0.234 e. The molecule has 0 aliphatic rings. The van der Waals surface area contributed by atoms with Crippen LogP contribution in [0.25, 0.3) is 0 Å². The zero-order valence-corrected chi connectivity index (χ0v) is 16.3. The summed E-state index contributed by atoms with van der Waals surface area (Å²) >= 11 is 0. The van der Waals surface area contributed by atoms with Gasteiger partial charge in [0.25, 0.3) is 0 Å². The van der Waals surface area contributed by atoms with E-state index in [9.17, 15) is 4.79 Å². The minimum atomic E-state index is -0.0381. The van der Waals surface area contributed by atoms with Crippen molar-refractivity contribution >= 4 is 5.91 Å². The van der Waals surface area contributed by atoms with Gasteiger partial charge in [0.05, 0.1) is 19.7 Å². The second kappa shape index (κ2) is 9.72. The van der Waals surface area contributed by atoms with Gasteiger partial charge in [-0.3, -0.25) is 10.1 Å². The molecule has 2 N–H and O–H groups in total. The number of methoxy groups -OCH3 is 1. The Kier molecular flexibility index (Phi) is 6.82. The van der Waals surface area contributed by atoms with Crippen molar-refractivity contribution in [3.05, 3.63) is 101 Å². The molecule has 4 nitrogen and oxygen atoms in total. The lowest BCUT2D eigenvalue weighted by Crippen LogP contribution is -2.35.